The molecule has 25 heavy (non-hydrogen) atoms. The number of carbonyl (C=O) groups excluding carboxylic acids is 1. The predicted octanol–water partition coefficient (Wildman–Crippen LogP) is 2.03. The van der Waals surface area contributed by atoms with Gasteiger partial charge in [-0.1, -0.05) is 0 Å². The van der Waals surface area contributed by atoms with E-state index in [4.69, 9.17) is 10.5 Å². The number of ether oxygens (including phenoxy) is 1. The number of benzene rings is 1. The molecule has 4 N–H and O–H groups in total. The Balaban J connectivity index is 1.75. The van der Waals surface area contributed by atoms with Gasteiger partial charge in [-0.3, -0.25) is 14.8 Å². The number of anilines is 1. The van der Waals surface area contributed by atoms with Crippen LogP contribution in [0.4, 0.5) is 5.69 Å². The summed E-state index contributed by atoms with van der Waals surface area (Å²) in [7, 11) is 0. The van der Waals surface area contributed by atoms with Crippen molar-refractivity contribution in [2.24, 2.45) is 10.7 Å². The molecule has 2 aromatic rings. The van der Waals surface area contributed by atoms with E-state index in [-0.39, 0.29) is 18.0 Å². The lowest BCUT2D eigenvalue weighted by atomic mass is 10.3. The molecule has 1 amide bonds. The number of nitrogens with two attached hydrogens (primary N) is 1. The number of amides is 1. The summed E-state index contributed by atoms with van der Waals surface area (Å²) < 4.78 is 5.58. The normalized spacial score (nSPS) is 11.2. The van der Waals surface area contributed by atoms with Crippen LogP contribution in [-0.4, -0.2) is 36.0 Å². The van der Waals surface area contributed by atoms with E-state index in [2.05, 4.69) is 20.6 Å². The number of nitrogens with one attached hydrogen (secondary N) is 2. The quantitative estimate of drug-likeness (QED) is 0.406. The molecule has 1 heterocycles. The molecule has 0 saturated heterocycles. The van der Waals surface area contributed by atoms with Crippen molar-refractivity contribution in [2.45, 2.75) is 20.0 Å². The minimum atomic E-state index is -0.185. The van der Waals surface area contributed by atoms with Gasteiger partial charge in [0.05, 0.1) is 18.2 Å². The second-order valence-electron chi connectivity index (χ2n) is 5.58. The first-order valence-electron chi connectivity index (χ1n) is 8.06. The van der Waals surface area contributed by atoms with Crippen LogP contribution in [-0.2, 0) is 0 Å². The van der Waals surface area contributed by atoms with Gasteiger partial charge >= 0.3 is 0 Å². The number of rotatable bonds is 7. The second-order valence-corrected chi connectivity index (χ2v) is 5.58. The topological polar surface area (TPSA) is 102 Å². The monoisotopic (exact) mass is 341 g/mol. The van der Waals surface area contributed by atoms with Gasteiger partial charge in [0.25, 0.3) is 5.91 Å². The largest absolute Gasteiger partial charge is 0.491 e. The van der Waals surface area contributed by atoms with Gasteiger partial charge in [0.2, 0.25) is 0 Å². The standard InChI is InChI=1S/C18H23N5O2/c1-13(2)25-16-7-5-15(6-8-16)23-18(19)22-11-10-21-17(24)14-4-3-9-20-12-14/h3-9,12-13H,10-11H2,1-2H3,(H,21,24)(H3,19,22,23). The van der Waals surface area contributed by atoms with E-state index >= 15 is 0 Å². The molecule has 0 atom stereocenters. The van der Waals surface area contributed by atoms with Crippen molar-refractivity contribution in [1.29, 1.82) is 0 Å². The van der Waals surface area contributed by atoms with Crippen molar-refractivity contribution >= 4 is 17.6 Å². The highest BCUT2D eigenvalue weighted by molar-refractivity contribution is 5.94. The summed E-state index contributed by atoms with van der Waals surface area (Å²) in [5, 5.41) is 5.75. The molecule has 0 radical (unpaired) electrons. The van der Waals surface area contributed by atoms with Crippen molar-refractivity contribution in [1.82, 2.24) is 10.3 Å². The Hall–Kier alpha value is -3.09. The van der Waals surface area contributed by atoms with Crippen LogP contribution in [0.3, 0.4) is 0 Å². The van der Waals surface area contributed by atoms with E-state index in [0.29, 0.717) is 18.7 Å². The van der Waals surface area contributed by atoms with Crippen molar-refractivity contribution in [3.05, 3.63) is 54.4 Å². The molecular formula is C18H23N5O2. The highest BCUT2D eigenvalue weighted by Gasteiger charge is 2.03. The number of hydrogen-bond donors (Lipinski definition) is 3. The van der Waals surface area contributed by atoms with E-state index in [9.17, 15) is 4.79 Å². The first-order valence-corrected chi connectivity index (χ1v) is 8.06. The first kappa shape index (κ1) is 18.3. The lowest BCUT2D eigenvalue weighted by molar-refractivity contribution is 0.0954. The van der Waals surface area contributed by atoms with Crippen LogP contribution < -0.4 is 21.1 Å². The van der Waals surface area contributed by atoms with Crippen LogP contribution in [0.1, 0.15) is 24.2 Å². The van der Waals surface area contributed by atoms with E-state index in [1.165, 1.54) is 6.20 Å². The molecule has 1 aromatic carbocycles. The van der Waals surface area contributed by atoms with Gasteiger partial charge in [0, 0.05) is 24.6 Å². The zero-order chi connectivity index (χ0) is 18.1. The molecule has 0 saturated carbocycles. The fraction of sp³-hybridized carbons (Fsp3) is 0.278. The third-order valence-corrected chi connectivity index (χ3v) is 3.10. The first-order chi connectivity index (χ1) is 12.0. The van der Waals surface area contributed by atoms with Gasteiger partial charge in [-0.25, -0.2) is 0 Å². The van der Waals surface area contributed by atoms with Crippen LogP contribution >= 0.6 is 0 Å². The van der Waals surface area contributed by atoms with Gasteiger partial charge in [0.1, 0.15) is 5.75 Å². The minimum Gasteiger partial charge on any atom is -0.491 e. The summed E-state index contributed by atoms with van der Waals surface area (Å²) in [6.45, 7) is 4.71. The fourth-order valence-corrected chi connectivity index (χ4v) is 2.02. The van der Waals surface area contributed by atoms with Gasteiger partial charge in [-0.05, 0) is 50.2 Å². The van der Waals surface area contributed by atoms with Crippen LogP contribution in [0.25, 0.3) is 0 Å². The molecular weight excluding hydrogens is 318 g/mol. The Morgan fingerprint density at radius 3 is 2.68 bits per heavy atom. The molecule has 1 aromatic heterocycles. The molecule has 0 spiro atoms. The number of nitrogens with zero attached hydrogens (tertiary/aromatic N) is 2. The molecule has 0 unspecified atom stereocenters. The third-order valence-electron chi connectivity index (χ3n) is 3.10. The molecule has 0 aliphatic carbocycles. The van der Waals surface area contributed by atoms with Crippen molar-refractivity contribution < 1.29 is 9.53 Å². The van der Waals surface area contributed by atoms with Crippen molar-refractivity contribution in [3.8, 4) is 5.75 Å². The van der Waals surface area contributed by atoms with Gasteiger partial charge in [-0.15, -0.1) is 0 Å². The van der Waals surface area contributed by atoms with Crippen LogP contribution in [0.5, 0.6) is 5.75 Å². The summed E-state index contributed by atoms with van der Waals surface area (Å²) in [5.41, 5.74) is 7.17. The number of guanidine groups is 1. The zero-order valence-electron chi connectivity index (χ0n) is 14.4. The lowest BCUT2D eigenvalue weighted by Gasteiger charge is -2.11. The van der Waals surface area contributed by atoms with E-state index in [0.717, 1.165) is 11.4 Å². The predicted molar refractivity (Wildman–Crippen MR) is 98.9 cm³/mol. The summed E-state index contributed by atoms with van der Waals surface area (Å²) in [4.78, 5) is 19.9. The summed E-state index contributed by atoms with van der Waals surface area (Å²) in [6.07, 6.45) is 3.27. The summed E-state index contributed by atoms with van der Waals surface area (Å²) in [6, 6.07) is 10.9. The van der Waals surface area contributed by atoms with Crippen LogP contribution in [0.15, 0.2) is 53.8 Å². The maximum absolute atomic E-state index is 11.8. The number of hydrogen-bond acceptors (Lipinski definition) is 4. The smallest absolute Gasteiger partial charge is 0.252 e. The number of carbonyl (C=O) groups is 1. The molecule has 7 nitrogen and oxygen atoms in total. The highest BCUT2D eigenvalue weighted by atomic mass is 16.5. The summed E-state index contributed by atoms with van der Waals surface area (Å²) in [5.74, 6) is 0.901. The van der Waals surface area contributed by atoms with Crippen LogP contribution in [0, 0.1) is 0 Å². The highest BCUT2D eigenvalue weighted by Crippen LogP contribution is 2.16. The van der Waals surface area contributed by atoms with E-state index in [1.807, 2.05) is 38.1 Å². The average Bonchev–Trinajstić information content (AvgIpc) is 2.60. The number of aliphatic imine (C=N–C) groups is 1. The Bertz CT molecular complexity index is 699. The van der Waals surface area contributed by atoms with Crippen LogP contribution in [0.2, 0.25) is 0 Å². The zero-order valence-corrected chi connectivity index (χ0v) is 14.4. The minimum absolute atomic E-state index is 0.132. The molecule has 0 aliphatic heterocycles. The van der Waals surface area contributed by atoms with E-state index < -0.39 is 0 Å². The molecule has 132 valence electrons. The van der Waals surface area contributed by atoms with Gasteiger partial charge in [0.15, 0.2) is 5.96 Å². The van der Waals surface area contributed by atoms with E-state index in [1.54, 1.807) is 18.3 Å². The maximum Gasteiger partial charge on any atom is 0.252 e. The van der Waals surface area contributed by atoms with Crippen molar-refractivity contribution in [2.75, 3.05) is 18.4 Å². The van der Waals surface area contributed by atoms with Gasteiger partial charge < -0.3 is 21.1 Å². The maximum atomic E-state index is 11.8. The average molecular weight is 341 g/mol. The number of pyridine rings is 1. The number of aromatic nitrogens is 1. The van der Waals surface area contributed by atoms with Crippen molar-refractivity contribution in [3.63, 3.8) is 0 Å². The molecule has 0 fully saturated rings. The van der Waals surface area contributed by atoms with Gasteiger partial charge in [-0.2, -0.15) is 0 Å². The molecule has 2 rings (SSSR count). The molecule has 0 bridgehead atoms. The Morgan fingerprint density at radius 2 is 2.04 bits per heavy atom. The Kier molecular flexibility index (Phi) is 6.76. The SMILES string of the molecule is CC(C)Oc1ccc(NC(N)=NCCNC(=O)c2cccnc2)cc1. The third kappa shape index (κ3) is 6.50. The Morgan fingerprint density at radius 1 is 1.28 bits per heavy atom. The molecule has 0 aliphatic rings. The Labute approximate surface area is 147 Å². The second kappa shape index (κ2) is 9.27. The lowest BCUT2D eigenvalue weighted by Crippen LogP contribution is -2.28. The summed E-state index contributed by atoms with van der Waals surface area (Å²) >= 11 is 0. The molecule has 7 heteroatoms. The fourth-order valence-electron chi connectivity index (χ4n) is 2.02.